The van der Waals surface area contributed by atoms with Gasteiger partial charge in [0, 0.05) is 21.8 Å². The fourth-order valence-electron chi connectivity index (χ4n) is 5.11. The van der Waals surface area contributed by atoms with Crippen LogP contribution in [0.25, 0.3) is 0 Å². The van der Waals surface area contributed by atoms with Crippen LogP contribution in [0.1, 0.15) is 59.1 Å². The van der Waals surface area contributed by atoms with Crippen LogP contribution in [-0.4, -0.2) is 19.2 Å². The Hall–Kier alpha value is -3.61. The van der Waals surface area contributed by atoms with Crippen LogP contribution in [0.3, 0.4) is 0 Å². The van der Waals surface area contributed by atoms with Gasteiger partial charge in [-0.3, -0.25) is 4.79 Å². The molecule has 41 heavy (non-hydrogen) atoms. The van der Waals surface area contributed by atoms with Crippen LogP contribution in [0.4, 0.5) is 10.7 Å². The number of nitrogens with one attached hydrogen (secondary N) is 1. The number of hydrogen-bond donors (Lipinski definition) is 1. The Morgan fingerprint density at radius 2 is 1.83 bits per heavy atom. The van der Waals surface area contributed by atoms with Gasteiger partial charge in [0.05, 0.1) is 12.7 Å². The Bertz CT molecular complexity index is 1540. The molecule has 4 aromatic rings. The summed E-state index contributed by atoms with van der Waals surface area (Å²) in [5.41, 5.74) is 4.68. The number of carbonyl (C=O) groups excluding carboxylic acids is 1. The monoisotopic (exact) mass is 586 g/mol. The Morgan fingerprint density at radius 1 is 1.07 bits per heavy atom. The maximum Gasteiger partial charge on any atom is 0.259 e. The van der Waals surface area contributed by atoms with E-state index in [1.54, 1.807) is 24.7 Å². The fraction of sp³-hybridized carbons (Fsp3) is 0.294. The maximum atomic E-state index is 13.6. The highest BCUT2D eigenvalue weighted by atomic mass is 35.5. The topological polar surface area (TPSA) is 59.9 Å². The van der Waals surface area contributed by atoms with E-state index in [9.17, 15) is 4.79 Å². The lowest BCUT2D eigenvalue weighted by Crippen LogP contribution is -2.27. The van der Waals surface area contributed by atoms with Gasteiger partial charge in [-0.1, -0.05) is 62.7 Å². The molecule has 0 spiro atoms. The number of ether oxygens (including phenoxy) is 2. The van der Waals surface area contributed by atoms with Crippen LogP contribution >= 0.6 is 22.9 Å². The second kappa shape index (κ2) is 12.5. The van der Waals surface area contributed by atoms with Crippen molar-refractivity contribution >= 4 is 45.7 Å². The predicted octanol–water partition coefficient (Wildman–Crippen LogP) is 9.14. The molecule has 0 bridgehead atoms. The molecule has 1 aliphatic carbocycles. The minimum absolute atomic E-state index is 0.112. The van der Waals surface area contributed by atoms with Gasteiger partial charge >= 0.3 is 0 Å². The van der Waals surface area contributed by atoms with Gasteiger partial charge in [-0.05, 0) is 89.8 Å². The van der Waals surface area contributed by atoms with Crippen molar-refractivity contribution in [1.82, 2.24) is 0 Å². The highest BCUT2D eigenvalue weighted by molar-refractivity contribution is 7.16. The predicted molar refractivity (Wildman–Crippen MR) is 170 cm³/mol. The van der Waals surface area contributed by atoms with Crippen molar-refractivity contribution < 1.29 is 14.3 Å². The van der Waals surface area contributed by atoms with Crippen LogP contribution in [-0.2, 0) is 19.4 Å². The molecule has 1 aliphatic rings. The second-order valence-electron chi connectivity index (χ2n) is 11.4. The average Bonchev–Trinajstić information content (AvgIpc) is 3.34. The highest BCUT2D eigenvalue weighted by Crippen LogP contribution is 2.45. The van der Waals surface area contributed by atoms with Crippen LogP contribution in [0.2, 0.25) is 5.02 Å². The van der Waals surface area contributed by atoms with Crippen molar-refractivity contribution in [2.75, 3.05) is 12.4 Å². The number of thiophene rings is 1. The summed E-state index contributed by atoms with van der Waals surface area (Å²) >= 11 is 7.63. The molecule has 1 aromatic heterocycles. The number of hydrogen-bond acceptors (Lipinski definition) is 5. The lowest BCUT2D eigenvalue weighted by Gasteiger charge is -2.33. The Kier molecular flexibility index (Phi) is 8.81. The van der Waals surface area contributed by atoms with Crippen molar-refractivity contribution in [2.45, 2.75) is 46.6 Å². The molecule has 0 unspecified atom stereocenters. The average molecular weight is 587 g/mol. The van der Waals surface area contributed by atoms with Gasteiger partial charge in [-0.25, -0.2) is 4.99 Å². The molecule has 0 saturated heterocycles. The zero-order chi connectivity index (χ0) is 29.0. The van der Waals surface area contributed by atoms with E-state index >= 15 is 0 Å². The molecule has 7 heteroatoms. The first kappa shape index (κ1) is 28.9. The van der Waals surface area contributed by atoms with Gasteiger partial charge in [0.15, 0.2) is 11.5 Å². The SMILES string of the molecule is COc1cc(C=Nc2sc3c(c2C(=O)Nc2ccccc2)CC[C@H](C(C)(C)C)C3)ccc1OCc1ccc(Cl)cc1. The minimum atomic E-state index is -0.112. The zero-order valence-corrected chi connectivity index (χ0v) is 25.4. The number of methoxy groups -OCH3 is 1. The number of aliphatic imine (C=N–C) groups is 1. The number of para-hydroxylation sites is 1. The van der Waals surface area contributed by atoms with Gasteiger partial charge < -0.3 is 14.8 Å². The molecule has 0 aliphatic heterocycles. The Balaban J connectivity index is 1.40. The van der Waals surface area contributed by atoms with Crippen molar-refractivity contribution in [3.8, 4) is 11.5 Å². The van der Waals surface area contributed by atoms with E-state index in [0.717, 1.165) is 46.6 Å². The minimum Gasteiger partial charge on any atom is -0.493 e. The van der Waals surface area contributed by atoms with E-state index in [-0.39, 0.29) is 11.3 Å². The van der Waals surface area contributed by atoms with Crippen molar-refractivity contribution in [3.05, 3.63) is 105 Å². The molecular weight excluding hydrogens is 552 g/mol. The first-order valence-corrected chi connectivity index (χ1v) is 15.0. The molecule has 212 valence electrons. The third-order valence-electron chi connectivity index (χ3n) is 7.56. The summed E-state index contributed by atoms with van der Waals surface area (Å²) in [6.45, 7) is 7.30. The van der Waals surface area contributed by atoms with Crippen LogP contribution in [0.5, 0.6) is 11.5 Å². The summed E-state index contributed by atoms with van der Waals surface area (Å²) < 4.78 is 11.6. The number of amides is 1. The number of rotatable bonds is 8. The molecule has 0 saturated carbocycles. The molecule has 1 atom stereocenters. The van der Waals surface area contributed by atoms with E-state index in [4.69, 9.17) is 26.1 Å². The highest BCUT2D eigenvalue weighted by Gasteiger charge is 2.33. The van der Waals surface area contributed by atoms with E-state index in [2.05, 4.69) is 26.1 Å². The van der Waals surface area contributed by atoms with E-state index < -0.39 is 0 Å². The number of fused-ring (bicyclic) bond motifs is 1. The number of halogens is 1. The van der Waals surface area contributed by atoms with Crippen molar-refractivity contribution in [3.63, 3.8) is 0 Å². The normalized spacial score (nSPS) is 15.0. The van der Waals surface area contributed by atoms with E-state index in [0.29, 0.717) is 34.6 Å². The first-order valence-electron chi connectivity index (χ1n) is 13.8. The van der Waals surface area contributed by atoms with Gasteiger partial charge in [0.1, 0.15) is 11.6 Å². The van der Waals surface area contributed by atoms with Gasteiger partial charge in [0.2, 0.25) is 0 Å². The largest absolute Gasteiger partial charge is 0.493 e. The van der Waals surface area contributed by atoms with Crippen LogP contribution in [0.15, 0.2) is 77.8 Å². The first-order chi connectivity index (χ1) is 19.7. The zero-order valence-electron chi connectivity index (χ0n) is 23.9. The standard InChI is InChI=1S/C34H35ClN2O3S/c1-34(2,3)24-13-16-27-30(19-24)41-33(31(27)32(38)37-26-8-6-5-7-9-26)36-20-23-12-17-28(29(18-23)39-4)40-21-22-10-14-25(35)15-11-22/h5-12,14-15,17-18,20,24H,13,16,19,21H2,1-4H3,(H,37,38)/t24-/m0/s1. The van der Waals surface area contributed by atoms with Crippen LogP contribution in [0, 0.1) is 11.3 Å². The third kappa shape index (κ3) is 7.00. The van der Waals surface area contributed by atoms with Gasteiger partial charge in [-0.15, -0.1) is 11.3 Å². The molecule has 0 radical (unpaired) electrons. The number of nitrogens with zero attached hydrogens (tertiary/aromatic N) is 1. The summed E-state index contributed by atoms with van der Waals surface area (Å²) in [7, 11) is 1.62. The number of benzene rings is 3. The van der Waals surface area contributed by atoms with Crippen LogP contribution < -0.4 is 14.8 Å². The molecule has 1 amide bonds. The maximum absolute atomic E-state index is 13.6. The Morgan fingerprint density at radius 3 is 2.54 bits per heavy atom. The van der Waals surface area contributed by atoms with Gasteiger partial charge in [-0.2, -0.15) is 0 Å². The van der Waals surface area contributed by atoms with Crippen molar-refractivity contribution in [1.29, 1.82) is 0 Å². The molecule has 0 fully saturated rings. The summed E-state index contributed by atoms with van der Waals surface area (Å²) in [6, 6.07) is 22.9. The summed E-state index contributed by atoms with van der Waals surface area (Å²) in [4.78, 5) is 19.7. The number of carbonyl (C=O) groups is 1. The fourth-order valence-corrected chi connectivity index (χ4v) is 6.50. The Labute approximate surface area is 251 Å². The van der Waals surface area contributed by atoms with Gasteiger partial charge in [0.25, 0.3) is 5.91 Å². The lowest BCUT2D eigenvalue weighted by molar-refractivity contribution is 0.102. The van der Waals surface area contributed by atoms with Crippen molar-refractivity contribution in [2.24, 2.45) is 16.3 Å². The molecule has 1 N–H and O–H groups in total. The molecular formula is C34H35ClN2O3S. The molecule has 5 nitrogen and oxygen atoms in total. The number of anilines is 1. The van der Waals surface area contributed by atoms with E-state index in [1.165, 1.54) is 4.88 Å². The summed E-state index contributed by atoms with van der Waals surface area (Å²) in [6.07, 6.45) is 4.71. The summed E-state index contributed by atoms with van der Waals surface area (Å²) in [5.74, 6) is 1.71. The summed E-state index contributed by atoms with van der Waals surface area (Å²) in [5, 5.41) is 4.51. The smallest absolute Gasteiger partial charge is 0.259 e. The quantitative estimate of drug-likeness (QED) is 0.209. The molecule has 3 aromatic carbocycles. The second-order valence-corrected chi connectivity index (χ2v) is 12.9. The molecule has 1 heterocycles. The molecule has 5 rings (SSSR count). The third-order valence-corrected chi connectivity index (χ3v) is 8.97. The lowest BCUT2D eigenvalue weighted by atomic mass is 9.72. The van der Waals surface area contributed by atoms with E-state index in [1.807, 2.05) is 72.8 Å².